The van der Waals surface area contributed by atoms with E-state index in [-0.39, 0.29) is 5.78 Å². The lowest BCUT2D eigenvalue weighted by Gasteiger charge is -2.05. The molecule has 1 heterocycles. The van der Waals surface area contributed by atoms with E-state index in [9.17, 15) is 9.59 Å². The minimum Gasteiger partial charge on any atom is -0.439 e. The highest BCUT2D eigenvalue weighted by molar-refractivity contribution is 5.94. The zero-order valence-electron chi connectivity index (χ0n) is 10.3. The smallest absolute Gasteiger partial charge is 0.250 e. The van der Waals surface area contributed by atoms with Crippen LogP contribution in [0, 0.1) is 0 Å². The number of nitrogens with zero attached hydrogens (tertiary/aromatic N) is 1. The van der Waals surface area contributed by atoms with Gasteiger partial charge in [0.1, 0.15) is 5.75 Å². The third-order valence-corrected chi connectivity index (χ3v) is 2.50. The molecule has 0 aliphatic heterocycles. The molecule has 0 unspecified atom stereocenters. The third kappa shape index (κ3) is 3.16. The van der Waals surface area contributed by atoms with Gasteiger partial charge in [0.2, 0.25) is 11.8 Å². The Balaban J connectivity index is 2.12. The molecule has 96 valence electrons. The lowest BCUT2D eigenvalue weighted by molar-refractivity contribution is 0.0996. The van der Waals surface area contributed by atoms with Gasteiger partial charge in [-0.1, -0.05) is 0 Å². The zero-order valence-corrected chi connectivity index (χ0v) is 10.3. The van der Waals surface area contributed by atoms with Crippen LogP contribution in [0.1, 0.15) is 27.6 Å². The van der Waals surface area contributed by atoms with E-state index in [0.29, 0.717) is 22.8 Å². The number of nitrogens with two attached hydrogens (primary N) is 1. The third-order valence-electron chi connectivity index (χ3n) is 2.50. The molecule has 1 aromatic heterocycles. The SMILES string of the molecule is CC(=O)c1ccc(Oc2ccc(C(N)=O)cn2)cc1. The maximum Gasteiger partial charge on any atom is 0.250 e. The van der Waals surface area contributed by atoms with Crippen LogP contribution in [0.3, 0.4) is 0 Å². The number of benzene rings is 1. The summed E-state index contributed by atoms with van der Waals surface area (Å²) in [6.07, 6.45) is 1.35. The van der Waals surface area contributed by atoms with Gasteiger partial charge in [-0.05, 0) is 37.3 Å². The van der Waals surface area contributed by atoms with Crippen LogP contribution in [-0.2, 0) is 0 Å². The maximum absolute atomic E-state index is 11.1. The average Bonchev–Trinajstić information content (AvgIpc) is 2.40. The number of primary amides is 1. The first-order valence-corrected chi connectivity index (χ1v) is 5.61. The van der Waals surface area contributed by atoms with Crippen molar-refractivity contribution in [1.29, 1.82) is 0 Å². The molecule has 5 heteroatoms. The van der Waals surface area contributed by atoms with Crippen LogP contribution in [0.2, 0.25) is 0 Å². The molecule has 0 fully saturated rings. The summed E-state index contributed by atoms with van der Waals surface area (Å²) in [5, 5.41) is 0. The highest BCUT2D eigenvalue weighted by atomic mass is 16.5. The van der Waals surface area contributed by atoms with Gasteiger partial charge in [-0.25, -0.2) is 4.98 Å². The molecule has 2 rings (SSSR count). The number of aromatic nitrogens is 1. The number of hydrogen-bond donors (Lipinski definition) is 1. The van der Waals surface area contributed by atoms with Crippen molar-refractivity contribution in [2.24, 2.45) is 5.73 Å². The van der Waals surface area contributed by atoms with E-state index < -0.39 is 5.91 Å². The topological polar surface area (TPSA) is 82.3 Å². The molecule has 0 saturated carbocycles. The molecule has 2 N–H and O–H groups in total. The number of rotatable bonds is 4. The average molecular weight is 256 g/mol. The number of hydrogen-bond acceptors (Lipinski definition) is 4. The van der Waals surface area contributed by atoms with Gasteiger partial charge in [0.05, 0.1) is 5.56 Å². The number of ether oxygens (including phenoxy) is 1. The summed E-state index contributed by atoms with van der Waals surface area (Å²) in [4.78, 5) is 26.0. The van der Waals surface area contributed by atoms with Gasteiger partial charge in [0.15, 0.2) is 5.78 Å². The number of ketones is 1. The first kappa shape index (κ1) is 12.8. The van der Waals surface area contributed by atoms with E-state index in [2.05, 4.69) is 4.98 Å². The van der Waals surface area contributed by atoms with Gasteiger partial charge in [-0.3, -0.25) is 9.59 Å². The van der Waals surface area contributed by atoms with Crippen molar-refractivity contribution < 1.29 is 14.3 Å². The Morgan fingerprint density at radius 3 is 2.16 bits per heavy atom. The second kappa shape index (κ2) is 5.30. The van der Waals surface area contributed by atoms with Crippen LogP contribution in [0.25, 0.3) is 0 Å². The fraction of sp³-hybridized carbons (Fsp3) is 0.0714. The Morgan fingerprint density at radius 2 is 1.68 bits per heavy atom. The van der Waals surface area contributed by atoms with Crippen LogP contribution in [0.5, 0.6) is 11.6 Å². The molecular formula is C14H12N2O3. The number of pyridine rings is 1. The van der Waals surface area contributed by atoms with E-state index in [1.54, 1.807) is 30.3 Å². The Hall–Kier alpha value is -2.69. The lowest BCUT2D eigenvalue weighted by Crippen LogP contribution is -2.10. The van der Waals surface area contributed by atoms with E-state index in [1.165, 1.54) is 19.2 Å². The first-order valence-electron chi connectivity index (χ1n) is 5.61. The molecule has 1 amide bonds. The zero-order chi connectivity index (χ0) is 13.8. The second-order valence-electron chi connectivity index (χ2n) is 3.93. The van der Waals surface area contributed by atoms with Crippen molar-refractivity contribution in [2.75, 3.05) is 0 Å². The van der Waals surface area contributed by atoms with E-state index in [4.69, 9.17) is 10.5 Å². The second-order valence-corrected chi connectivity index (χ2v) is 3.93. The van der Waals surface area contributed by atoms with Crippen LogP contribution >= 0.6 is 0 Å². The Bertz CT molecular complexity index is 548. The predicted molar refractivity (Wildman–Crippen MR) is 69.3 cm³/mol. The van der Waals surface area contributed by atoms with E-state index in [1.807, 2.05) is 0 Å². The van der Waals surface area contributed by atoms with Gasteiger partial charge in [0, 0.05) is 17.8 Å². The number of carbonyl (C=O) groups excluding carboxylic acids is 2. The summed E-state index contributed by atoms with van der Waals surface area (Å²) in [5.41, 5.74) is 6.04. The predicted octanol–water partition coefficient (Wildman–Crippen LogP) is 2.18. The molecule has 5 nitrogen and oxygen atoms in total. The Morgan fingerprint density at radius 1 is 1.05 bits per heavy atom. The molecule has 19 heavy (non-hydrogen) atoms. The molecule has 0 atom stereocenters. The summed E-state index contributed by atoms with van der Waals surface area (Å²) in [6.45, 7) is 1.50. The van der Waals surface area contributed by atoms with Gasteiger partial charge < -0.3 is 10.5 Å². The van der Waals surface area contributed by atoms with Crippen LogP contribution in [-0.4, -0.2) is 16.7 Å². The van der Waals surface area contributed by atoms with E-state index >= 15 is 0 Å². The molecule has 0 aliphatic carbocycles. The molecule has 0 saturated heterocycles. The van der Waals surface area contributed by atoms with Crippen molar-refractivity contribution in [1.82, 2.24) is 4.98 Å². The molecule has 0 bridgehead atoms. The van der Waals surface area contributed by atoms with E-state index in [0.717, 1.165) is 0 Å². The van der Waals surface area contributed by atoms with Gasteiger partial charge in [-0.15, -0.1) is 0 Å². The number of carbonyl (C=O) groups is 2. The number of amides is 1. The summed E-state index contributed by atoms with van der Waals surface area (Å²) in [5.74, 6) is 0.366. The van der Waals surface area contributed by atoms with Crippen molar-refractivity contribution in [2.45, 2.75) is 6.92 Å². The standard InChI is InChI=1S/C14H12N2O3/c1-9(17)10-2-5-12(6-3-10)19-13-7-4-11(8-16-13)14(15)18/h2-8H,1H3,(H2,15,18). The molecule has 1 aromatic carbocycles. The van der Waals surface area contributed by atoms with Gasteiger partial charge in [0.25, 0.3) is 0 Å². The summed E-state index contributed by atoms with van der Waals surface area (Å²) < 4.78 is 5.47. The van der Waals surface area contributed by atoms with Crippen molar-refractivity contribution in [3.63, 3.8) is 0 Å². The lowest BCUT2D eigenvalue weighted by atomic mass is 10.1. The maximum atomic E-state index is 11.1. The highest BCUT2D eigenvalue weighted by Gasteiger charge is 2.04. The molecule has 0 spiro atoms. The Labute approximate surface area is 110 Å². The van der Waals surface area contributed by atoms with Crippen molar-refractivity contribution in [3.05, 3.63) is 53.7 Å². The van der Waals surface area contributed by atoms with Crippen molar-refractivity contribution in [3.8, 4) is 11.6 Å². The fourth-order valence-electron chi connectivity index (χ4n) is 1.46. The van der Waals surface area contributed by atoms with Gasteiger partial charge >= 0.3 is 0 Å². The molecular weight excluding hydrogens is 244 g/mol. The summed E-state index contributed by atoms with van der Waals surface area (Å²) in [6, 6.07) is 9.80. The summed E-state index contributed by atoms with van der Waals surface area (Å²) >= 11 is 0. The summed E-state index contributed by atoms with van der Waals surface area (Å²) in [7, 11) is 0. The normalized spacial score (nSPS) is 9.95. The number of Topliss-reactive ketones (excluding diaryl/α,β-unsaturated/α-hetero) is 1. The molecule has 2 aromatic rings. The monoisotopic (exact) mass is 256 g/mol. The fourth-order valence-corrected chi connectivity index (χ4v) is 1.46. The quantitative estimate of drug-likeness (QED) is 0.850. The largest absolute Gasteiger partial charge is 0.439 e. The molecule has 0 aliphatic rings. The van der Waals surface area contributed by atoms with Crippen LogP contribution < -0.4 is 10.5 Å². The van der Waals surface area contributed by atoms with Crippen molar-refractivity contribution >= 4 is 11.7 Å². The minimum atomic E-state index is -0.537. The van der Waals surface area contributed by atoms with Crippen LogP contribution in [0.4, 0.5) is 0 Å². The first-order chi connectivity index (χ1) is 9.06. The van der Waals surface area contributed by atoms with Gasteiger partial charge in [-0.2, -0.15) is 0 Å². The Kier molecular flexibility index (Phi) is 3.56. The minimum absolute atomic E-state index is 0.00418. The highest BCUT2D eigenvalue weighted by Crippen LogP contribution is 2.19. The van der Waals surface area contributed by atoms with Crippen LogP contribution in [0.15, 0.2) is 42.6 Å². The molecule has 0 radical (unpaired) electrons.